The molecule has 2 fully saturated rings. The number of pyridine rings is 1. The monoisotopic (exact) mass is 360 g/mol. The van der Waals surface area contributed by atoms with Gasteiger partial charge in [-0.3, -0.25) is 14.4 Å². The molecule has 7 nitrogen and oxygen atoms in total. The van der Waals surface area contributed by atoms with Gasteiger partial charge >= 0.3 is 0 Å². The summed E-state index contributed by atoms with van der Waals surface area (Å²) in [5.74, 6) is 0.0299. The highest BCUT2D eigenvalue weighted by molar-refractivity contribution is 5.94. The molecule has 26 heavy (non-hydrogen) atoms. The number of hydrogen-bond acceptors (Lipinski definition) is 4. The Bertz CT molecular complexity index is 724. The van der Waals surface area contributed by atoms with E-state index < -0.39 is 0 Å². The van der Waals surface area contributed by atoms with Gasteiger partial charge in [-0.15, -0.1) is 0 Å². The molecule has 3 rings (SSSR count). The van der Waals surface area contributed by atoms with E-state index in [0.717, 1.165) is 45.3 Å². The van der Waals surface area contributed by atoms with Gasteiger partial charge in [0.25, 0.3) is 11.5 Å². The van der Waals surface area contributed by atoms with Crippen molar-refractivity contribution in [3.8, 4) is 0 Å². The first kappa shape index (κ1) is 18.6. The lowest BCUT2D eigenvalue weighted by Gasteiger charge is -2.24. The van der Waals surface area contributed by atoms with E-state index >= 15 is 0 Å². The minimum atomic E-state index is -0.231. The minimum Gasteiger partial charge on any atom is -0.348 e. The molecule has 0 aromatic carbocycles. The Balaban J connectivity index is 1.61. The SMILES string of the molecule is CN1C[C@@H](NC(=O)c2ccn(C)c(=O)c2)CC[C@@H](C(=O)N2CCCC2)C1. The average Bonchev–Trinajstić information content (AvgIpc) is 3.08. The molecular formula is C19H28N4O3. The predicted molar refractivity (Wildman–Crippen MR) is 99.0 cm³/mol. The molecule has 3 heterocycles. The number of nitrogens with zero attached hydrogens (tertiary/aromatic N) is 3. The molecule has 7 heteroatoms. The summed E-state index contributed by atoms with van der Waals surface area (Å²) >= 11 is 0. The summed E-state index contributed by atoms with van der Waals surface area (Å²) in [6.45, 7) is 3.19. The lowest BCUT2D eigenvalue weighted by atomic mass is 10.00. The lowest BCUT2D eigenvalue weighted by Crippen LogP contribution is -2.42. The summed E-state index contributed by atoms with van der Waals surface area (Å²) in [5.41, 5.74) is 0.177. The first-order chi connectivity index (χ1) is 12.4. The second kappa shape index (κ2) is 8.03. The number of likely N-dealkylation sites (N-methyl/N-ethyl adjacent to an activating group) is 1. The van der Waals surface area contributed by atoms with Gasteiger partial charge in [0.15, 0.2) is 0 Å². The molecule has 142 valence electrons. The van der Waals surface area contributed by atoms with E-state index in [1.807, 2.05) is 11.9 Å². The van der Waals surface area contributed by atoms with Crippen molar-refractivity contribution in [1.82, 2.24) is 19.7 Å². The van der Waals surface area contributed by atoms with Crippen LogP contribution in [0.15, 0.2) is 23.1 Å². The molecule has 1 aromatic rings. The smallest absolute Gasteiger partial charge is 0.251 e. The van der Waals surface area contributed by atoms with Gasteiger partial charge in [-0.1, -0.05) is 0 Å². The van der Waals surface area contributed by atoms with Gasteiger partial charge in [0.1, 0.15) is 0 Å². The van der Waals surface area contributed by atoms with E-state index in [1.165, 1.54) is 10.6 Å². The highest BCUT2D eigenvalue weighted by atomic mass is 16.2. The van der Waals surface area contributed by atoms with Crippen molar-refractivity contribution >= 4 is 11.8 Å². The van der Waals surface area contributed by atoms with Gasteiger partial charge in [-0.2, -0.15) is 0 Å². The van der Waals surface area contributed by atoms with E-state index in [9.17, 15) is 14.4 Å². The largest absolute Gasteiger partial charge is 0.348 e. The van der Waals surface area contributed by atoms with E-state index in [4.69, 9.17) is 0 Å². The molecule has 2 atom stereocenters. The van der Waals surface area contributed by atoms with Crippen LogP contribution in [-0.2, 0) is 11.8 Å². The summed E-state index contributed by atoms with van der Waals surface area (Å²) < 4.78 is 1.44. The molecule has 0 saturated carbocycles. The standard InChI is InChI=1S/C19H28N4O3/c1-21-12-15(19(26)23-8-3-4-9-23)5-6-16(13-21)20-18(25)14-7-10-22(2)17(24)11-14/h7,10-11,15-16H,3-6,8-9,12-13H2,1-2H3,(H,20,25)/t15-,16+/m1/s1. The fourth-order valence-electron chi connectivity index (χ4n) is 3.89. The fraction of sp³-hybridized carbons (Fsp3) is 0.632. The number of rotatable bonds is 3. The maximum absolute atomic E-state index is 12.7. The summed E-state index contributed by atoms with van der Waals surface area (Å²) in [6.07, 6.45) is 5.35. The molecule has 2 saturated heterocycles. The quantitative estimate of drug-likeness (QED) is 0.849. The van der Waals surface area contributed by atoms with Gasteiger partial charge in [-0.25, -0.2) is 0 Å². The van der Waals surface area contributed by atoms with Crippen LogP contribution < -0.4 is 10.9 Å². The van der Waals surface area contributed by atoms with Crippen molar-refractivity contribution in [2.45, 2.75) is 31.7 Å². The fourth-order valence-corrected chi connectivity index (χ4v) is 3.89. The number of aryl methyl sites for hydroxylation is 1. The van der Waals surface area contributed by atoms with Crippen LogP contribution in [0.4, 0.5) is 0 Å². The highest BCUT2D eigenvalue weighted by Gasteiger charge is 2.31. The highest BCUT2D eigenvalue weighted by Crippen LogP contribution is 2.21. The lowest BCUT2D eigenvalue weighted by molar-refractivity contribution is -0.135. The van der Waals surface area contributed by atoms with Crippen molar-refractivity contribution in [3.63, 3.8) is 0 Å². The Morgan fingerprint density at radius 3 is 2.54 bits per heavy atom. The van der Waals surface area contributed by atoms with E-state index in [-0.39, 0.29) is 29.3 Å². The zero-order valence-corrected chi connectivity index (χ0v) is 15.6. The van der Waals surface area contributed by atoms with E-state index in [1.54, 1.807) is 19.3 Å². The zero-order chi connectivity index (χ0) is 18.7. The summed E-state index contributed by atoms with van der Waals surface area (Å²) in [5, 5.41) is 3.03. The number of likely N-dealkylation sites (tertiary alicyclic amines) is 2. The second-order valence-electron chi connectivity index (χ2n) is 7.56. The third-order valence-electron chi connectivity index (χ3n) is 5.40. The van der Waals surface area contributed by atoms with Gasteiger partial charge in [0.05, 0.1) is 5.92 Å². The Morgan fingerprint density at radius 2 is 1.85 bits per heavy atom. The molecule has 0 aliphatic carbocycles. The summed E-state index contributed by atoms with van der Waals surface area (Å²) in [4.78, 5) is 41.0. The minimum absolute atomic E-state index is 0.00372. The number of hydrogen-bond donors (Lipinski definition) is 1. The normalized spacial score (nSPS) is 24.3. The van der Waals surface area contributed by atoms with E-state index in [0.29, 0.717) is 12.1 Å². The average molecular weight is 360 g/mol. The third kappa shape index (κ3) is 4.33. The van der Waals surface area contributed by atoms with Crippen LogP contribution in [0.25, 0.3) is 0 Å². The van der Waals surface area contributed by atoms with Crippen LogP contribution in [0.3, 0.4) is 0 Å². The van der Waals surface area contributed by atoms with Gasteiger partial charge in [0, 0.05) is 57.1 Å². The van der Waals surface area contributed by atoms with Crippen molar-refractivity contribution in [1.29, 1.82) is 0 Å². The number of nitrogens with one attached hydrogen (secondary N) is 1. The van der Waals surface area contributed by atoms with Crippen LogP contribution in [-0.4, -0.2) is 65.4 Å². The third-order valence-corrected chi connectivity index (χ3v) is 5.40. The maximum Gasteiger partial charge on any atom is 0.251 e. The van der Waals surface area contributed by atoms with Gasteiger partial charge < -0.3 is 19.7 Å². The van der Waals surface area contributed by atoms with Crippen molar-refractivity contribution in [3.05, 3.63) is 34.2 Å². The number of carbonyl (C=O) groups is 2. The van der Waals surface area contributed by atoms with Crippen LogP contribution in [0.1, 0.15) is 36.0 Å². The van der Waals surface area contributed by atoms with Crippen molar-refractivity contribution < 1.29 is 9.59 Å². The Hall–Kier alpha value is -2.15. The van der Waals surface area contributed by atoms with Crippen molar-refractivity contribution in [2.24, 2.45) is 13.0 Å². The van der Waals surface area contributed by atoms with Crippen LogP contribution in [0.2, 0.25) is 0 Å². The number of carbonyl (C=O) groups excluding carboxylic acids is 2. The topological polar surface area (TPSA) is 74.6 Å². The molecule has 2 aliphatic heterocycles. The molecule has 0 spiro atoms. The Labute approximate surface area is 154 Å². The summed E-state index contributed by atoms with van der Waals surface area (Å²) in [6, 6.07) is 2.99. The predicted octanol–water partition coefficient (Wildman–Crippen LogP) is 0.448. The Morgan fingerprint density at radius 1 is 1.12 bits per heavy atom. The van der Waals surface area contributed by atoms with Crippen molar-refractivity contribution in [2.75, 3.05) is 33.2 Å². The van der Waals surface area contributed by atoms with Gasteiger partial charge in [0.2, 0.25) is 5.91 Å². The van der Waals surface area contributed by atoms with Crippen LogP contribution in [0.5, 0.6) is 0 Å². The zero-order valence-electron chi connectivity index (χ0n) is 15.6. The maximum atomic E-state index is 12.7. The molecule has 1 aromatic heterocycles. The van der Waals surface area contributed by atoms with E-state index in [2.05, 4.69) is 10.2 Å². The number of amides is 2. The molecule has 0 unspecified atom stereocenters. The second-order valence-corrected chi connectivity index (χ2v) is 7.56. The Kier molecular flexibility index (Phi) is 5.76. The molecule has 0 bridgehead atoms. The van der Waals surface area contributed by atoms with Crippen LogP contribution in [0, 0.1) is 5.92 Å². The molecule has 2 amide bonds. The first-order valence-electron chi connectivity index (χ1n) is 9.39. The molecule has 2 aliphatic rings. The molecular weight excluding hydrogens is 332 g/mol. The van der Waals surface area contributed by atoms with Gasteiger partial charge in [-0.05, 0) is 38.8 Å². The first-order valence-corrected chi connectivity index (χ1v) is 9.39. The summed E-state index contributed by atoms with van der Waals surface area (Å²) in [7, 11) is 3.65. The molecule has 0 radical (unpaired) electrons. The van der Waals surface area contributed by atoms with Crippen LogP contribution >= 0.6 is 0 Å². The number of aromatic nitrogens is 1. The molecule has 1 N–H and O–H groups in total.